The summed E-state index contributed by atoms with van der Waals surface area (Å²) in [5.74, 6) is 1.10. The molecule has 6 aliphatic rings. The second-order valence-corrected chi connectivity index (χ2v) is 33.7. The molecular formula is C119H104Cl2O12. The molecule has 0 fully saturated rings. The van der Waals surface area contributed by atoms with Crippen molar-refractivity contribution in [1.82, 2.24) is 0 Å². The van der Waals surface area contributed by atoms with Crippen LogP contribution in [0.4, 0.5) is 0 Å². The van der Waals surface area contributed by atoms with E-state index in [1.165, 1.54) is 106 Å². The van der Waals surface area contributed by atoms with Gasteiger partial charge in [0.15, 0.2) is 28.8 Å². The average Bonchev–Trinajstić information content (AvgIpc) is 1.70. The van der Waals surface area contributed by atoms with Crippen LogP contribution >= 0.6 is 23.2 Å². The molecule has 0 bridgehead atoms. The quantitative estimate of drug-likeness (QED) is 0.0365. The first kappa shape index (κ1) is 92.9. The number of rotatable bonds is 25. The summed E-state index contributed by atoms with van der Waals surface area (Å²) >= 11 is 13.7. The highest BCUT2D eigenvalue weighted by atomic mass is 35.5. The Morgan fingerprint density at radius 1 is 0.353 bits per heavy atom. The lowest BCUT2D eigenvalue weighted by atomic mass is 9.85. The third-order valence-electron chi connectivity index (χ3n) is 24.4. The van der Waals surface area contributed by atoms with Crippen LogP contribution in [0.5, 0.6) is 28.7 Å². The second-order valence-electron chi connectivity index (χ2n) is 32.9. The lowest BCUT2D eigenvalue weighted by Gasteiger charge is -2.21. The molecule has 3 N–H and O–H groups in total. The highest BCUT2D eigenvalue weighted by Gasteiger charge is 2.30. The van der Waals surface area contributed by atoms with Gasteiger partial charge in [-0.2, -0.15) is 0 Å². The number of ether oxygens (including phenoxy) is 5. The second kappa shape index (κ2) is 43.7. The van der Waals surface area contributed by atoms with Crippen LogP contribution in [0.25, 0.3) is 92.1 Å². The van der Waals surface area contributed by atoms with E-state index in [2.05, 4.69) is 223 Å². The summed E-state index contributed by atoms with van der Waals surface area (Å²) in [6, 6.07) is 93.1. The minimum absolute atomic E-state index is 0.0472. The topological polar surface area (TPSA) is 175 Å². The molecule has 14 heteroatoms. The van der Waals surface area contributed by atoms with Crippen LogP contribution in [0.15, 0.2) is 320 Å². The monoisotopic (exact) mass is 1790 g/mol. The summed E-state index contributed by atoms with van der Waals surface area (Å²) in [5, 5.41) is 28.4. The molecule has 12 aromatic carbocycles. The van der Waals surface area contributed by atoms with E-state index in [-0.39, 0.29) is 5.78 Å². The Kier molecular flexibility index (Phi) is 30.5. The van der Waals surface area contributed by atoms with Gasteiger partial charge < -0.3 is 39.0 Å². The predicted molar refractivity (Wildman–Crippen MR) is 545 cm³/mol. The third-order valence-corrected chi connectivity index (χ3v) is 25.1. The number of fused-ring (bicyclic) bond motifs is 6. The number of halogens is 2. The molecule has 0 aromatic heterocycles. The molecule has 0 saturated heterocycles. The molecule has 18 rings (SSSR count). The van der Waals surface area contributed by atoms with Gasteiger partial charge in [0, 0.05) is 29.7 Å². The largest absolute Gasteiger partial charge is 0.497 e. The smallest absolute Gasteiger partial charge is 0.328 e. The Hall–Kier alpha value is -14.8. The highest BCUT2D eigenvalue weighted by molar-refractivity contribution is 6.51. The number of benzene rings is 12. The van der Waals surface area contributed by atoms with Crippen molar-refractivity contribution in [2.24, 2.45) is 0 Å². The molecule has 12 aromatic rings. The third kappa shape index (κ3) is 22.4. The van der Waals surface area contributed by atoms with Crippen molar-refractivity contribution in [3.8, 4) is 28.7 Å². The Labute approximate surface area is 788 Å². The van der Waals surface area contributed by atoms with Crippen LogP contribution in [0.3, 0.4) is 0 Å². The van der Waals surface area contributed by atoms with Crippen molar-refractivity contribution in [2.75, 3.05) is 33.5 Å². The minimum Gasteiger partial charge on any atom is -0.497 e. The minimum atomic E-state index is -0.970. The van der Waals surface area contributed by atoms with Crippen LogP contribution < -0.4 is 23.7 Å². The van der Waals surface area contributed by atoms with Gasteiger partial charge in [-0.15, -0.1) is 0 Å². The number of allylic oxidation sites excluding steroid dienone is 13. The number of hydrogen-bond donors (Lipinski definition) is 3. The van der Waals surface area contributed by atoms with Gasteiger partial charge in [0.25, 0.3) is 0 Å². The molecule has 12 nitrogen and oxygen atoms in total. The highest BCUT2D eigenvalue weighted by Crippen LogP contribution is 2.50. The average molecular weight is 1800 g/mol. The molecule has 0 unspecified atom stereocenters. The zero-order valence-corrected chi connectivity index (χ0v) is 77.1. The van der Waals surface area contributed by atoms with E-state index < -0.39 is 17.9 Å². The standard InChI is InChI=1S/C30H25ClO4.C30H27ClO.C30H26O4.C29H26O3/c1-2-23(22-12-13-26-27(18-22)35-16-15-34-26)29(20-10-7-19(8-11-20)9-14-28(32)33)25-17-21-5-3-4-6-24(21)30(25)31;1-4-27(29-20(2)8-7-11-28(29)31)30(26-18-24-9-5-6-10-25(24)19-26)23-16-14-22(15-17-23)13-12-21(3)32;1-2-26(24-12-13-27-28(19-24)34-16-15-33-27)30(25-17-22-5-3-4-6-23(22)18-25)21-10-7-20(8-11-21)9-14-29(31)32;1-3-27(21-13-15-26(32-2)16-14-21)29(25-18-23-6-4-5-7-24(23)19-25)22-11-8-20(9-12-22)10-17-28(30)31/h3-14,18H,2,15-17H2,1H3,(H,32,33);5-18H,4,19H2,1-3H3;3-14,17,19H,2,15-16,18H2,1H3,(H,31,32);4-18H,3,19H2,1-2H3,(H,30,31)/b14-9+,29-23+;13-12+,30-27+;14-9+,30-26+;17-10+,29-27+. The van der Waals surface area contributed by atoms with Gasteiger partial charge in [0.2, 0.25) is 0 Å². The number of methoxy groups -OCH3 is 1. The fraction of sp³-hybridized carbons (Fsp3) is 0.160. The summed E-state index contributed by atoms with van der Waals surface area (Å²) in [6.07, 6.45) is 25.5. The molecule has 2 heterocycles. The summed E-state index contributed by atoms with van der Waals surface area (Å²) in [7, 11) is 1.68. The number of ketones is 1. The van der Waals surface area contributed by atoms with Crippen LogP contribution in [0.2, 0.25) is 5.02 Å². The van der Waals surface area contributed by atoms with Crippen LogP contribution in [-0.2, 0) is 44.9 Å². The molecular weight excluding hydrogens is 1690 g/mol. The van der Waals surface area contributed by atoms with Crippen molar-refractivity contribution in [3.63, 3.8) is 0 Å². The molecule has 4 aliphatic carbocycles. The number of aryl methyl sites for hydroxylation is 1. The Balaban J connectivity index is 0.000000136. The van der Waals surface area contributed by atoms with Gasteiger partial charge >= 0.3 is 17.9 Å². The zero-order chi connectivity index (χ0) is 93.0. The maximum absolute atomic E-state index is 11.3. The van der Waals surface area contributed by atoms with E-state index in [1.807, 2.05) is 109 Å². The number of carboxylic acids is 3. The molecule has 0 amide bonds. The summed E-state index contributed by atoms with van der Waals surface area (Å²) < 4.78 is 28.5. The van der Waals surface area contributed by atoms with Crippen LogP contribution in [0, 0.1) is 6.92 Å². The van der Waals surface area contributed by atoms with Gasteiger partial charge in [-0.1, -0.05) is 306 Å². The van der Waals surface area contributed by atoms with Gasteiger partial charge in [-0.25, -0.2) is 14.4 Å². The summed E-state index contributed by atoms with van der Waals surface area (Å²) in [6.45, 7) is 14.6. The SMILES string of the molecule is CC/C(=C(\C1=C(Cl)c2ccccc2C1)c1ccc(/C=C/C(=O)O)cc1)c1ccc2c(c1)OCCO2.CC/C(=C(\C1=Cc2ccccc2C1)c1ccc(/C=C/C(=O)O)cc1)c1ccc(OC)cc1.CC/C(=C(\C1=Cc2ccccc2C1)c1ccc(/C=C/C(=O)O)cc1)c1ccc2c(c1)OCCO2.CC/C(=C(\C1=Cc2ccccc2C1)c1ccc(/C=C/C(C)=O)cc1)c1c(C)cccc1Cl. The Morgan fingerprint density at radius 2 is 0.692 bits per heavy atom. The van der Waals surface area contributed by atoms with Crippen LogP contribution in [0.1, 0.15) is 177 Å². The predicted octanol–water partition coefficient (Wildman–Crippen LogP) is 28.6. The molecule has 666 valence electrons. The maximum Gasteiger partial charge on any atom is 0.328 e. The van der Waals surface area contributed by atoms with Crippen molar-refractivity contribution in [3.05, 3.63) is 441 Å². The lowest BCUT2D eigenvalue weighted by Crippen LogP contribution is -2.15. The van der Waals surface area contributed by atoms with Gasteiger partial charge in [-0.05, 0) is 309 Å². The van der Waals surface area contributed by atoms with Crippen molar-refractivity contribution < 1.29 is 58.2 Å². The maximum atomic E-state index is 11.3. The number of carbonyl (C=O) groups excluding carboxylic acids is 1. The van der Waals surface area contributed by atoms with Crippen molar-refractivity contribution in [1.29, 1.82) is 0 Å². The fourth-order valence-corrected chi connectivity index (χ4v) is 18.8. The van der Waals surface area contributed by atoms with E-state index in [9.17, 15) is 19.2 Å². The molecule has 0 atom stereocenters. The fourth-order valence-electron chi connectivity index (χ4n) is 18.1. The molecule has 133 heavy (non-hydrogen) atoms. The molecule has 2 aliphatic heterocycles. The van der Waals surface area contributed by atoms with E-state index in [4.69, 9.17) is 62.2 Å². The summed E-state index contributed by atoms with van der Waals surface area (Å²) in [4.78, 5) is 44.0. The molecule has 0 saturated carbocycles. The number of carbonyl (C=O) groups is 4. The first-order valence-corrected chi connectivity index (χ1v) is 45.8. The van der Waals surface area contributed by atoms with Gasteiger partial charge in [0.05, 0.1) is 12.1 Å². The van der Waals surface area contributed by atoms with Crippen LogP contribution in [-0.4, -0.2) is 72.5 Å². The number of hydrogen-bond acceptors (Lipinski definition) is 9. The van der Waals surface area contributed by atoms with E-state index >= 15 is 0 Å². The van der Waals surface area contributed by atoms with E-state index in [0.717, 1.165) is 186 Å². The first-order chi connectivity index (χ1) is 64.7. The summed E-state index contributed by atoms with van der Waals surface area (Å²) in [5.41, 5.74) is 38.5. The van der Waals surface area contributed by atoms with Crippen molar-refractivity contribution in [2.45, 2.75) is 92.9 Å². The van der Waals surface area contributed by atoms with Gasteiger partial charge in [-0.3, -0.25) is 4.79 Å². The Bertz CT molecular complexity index is 6790. The zero-order valence-electron chi connectivity index (χ0n) is 75.6. The van der Waals surface area contributed by atoms with Gasteiger partial charge in [0.1, 0.15) is 32.2 Å². The molecule has 0 spiro atoms. The normalized spacial score (nSPS) is 14.4. The Morgan fingerprint density at radius 3 is 1.06 bits per heavy atom. The number of aliphatic carboxylic acids is 3. The van der Waals surface area contributed by atoms with Crippen molar-refractivity contribution >= 4 is 139 Å². The lowest BCUT2D eigenvalue weighted by molar-refractivity contribution is -0.132. The molecule has 0 radical (unpaired) electrons. The van der Waals surface area contributed by atoms with E-state index in [0.29, 0.717) is 26.4 Å². The van der Waals surface area contributed by atoms with E-state index in [1.54, 1.807) is 38.3 Å². The number of carboxylic acid groups (broad SMARTS) is 3. The first-order valence-electron chi connectivity index (χ1n) is 45.0.